The highest BCUT2D eigenvalue weighted by Gasteiger charge is 2.32. The van der Waals surface area contributed by atoms with Gasteiger partial charge >= 0.3 is 0 Å². The van der Waals surface area contributed by atoms with Crippen LogP contribution in [0, 0.1) is 0 Å². The molecule has 0 N–H and O–H groups in total. The van der Waals surface area contributed by atoms with Gasteiger partial charge in [-0.2, -0.15) is 0 Å². The zero-order valence-corrected chi connectivity index (χ0v) is 49.9. The number of aromatic nitrogens is 2. The smallest absolute Gasteiger partial charge is 0.0641 e. The number of rotatable bonds is 10. The molecule has 0 radical (unpaired) electrons. The van der Waals surface area contributed by atoms with Gasteiger partial charge in [-0.25, -0.2) is 0 Å². The van der Waals surface area contributed by atoms with Crippen molar-refractivity contribution in [1.29, 1.82) is 0 Å². The molecule has 0 aliphatic rings. The van der Waals surface area contributed by atoms with E-state index in [0.717, 1.165) is 11.4 Å². The zero-order chi connectivity index (χ0) is 57.5. The van der Waals surface area contributed by atoms with Crippen molar-refractivity contribution < 1.29 is 0 Å². The second-order valence-corrected chi connectivity index (χ2v) is 26.1. The lowest BCUT2D eigenvalue weighted by molar-refractivity contribution is 0.591. The van der Waals surface area contributed by atoms with E-state index in [0.29, 0.717) is 0 Å². The third-order valence-electron chi connectivity index (χ3n) is 18.2. The molecular formula is C80H70N4. The normalized spacial score (nSPS) is 12.6. The first-order valence-corrected chi connectivity index (χ1v) is 30.2. The lowest BCUT2D eigenvalue weighted by Gasteiger charge is -2.31. The van der Waals surface area contributed by atoms with Crippen LogP contribution >= 0.6 is 0 Å². The number of para-hydroxylation sites is 4. The van der Waals surface area contributed by atoms with Crippen molar-refractivity contribution >= 4 is 110 Å². The van der Waals surface area contributed by atoms with Gasteiger partial charge in [0.2, 0.25) is 0 Å². The average Bonchev–Trinajstić information content (AvgIpc) is 1.62. The Labute approximate surface area is 493 Å². The molecule has 4 heterocycles. The van der Waals surface area contributed by atoms with Crippen molar-refractivity contribution in [2.75, 3.05) is 9.80 Å². The molecule has 0 saturated carbocycles. The molecule has 4 aromatic heterocycles. The molecule has 0 spiro atoms. The third kappa shape index (κ3) is 7.79. The molecule has 0 aliphatic carbocycles. The Morgan fingerprint density at radius 3 is 1.04 bits per heavy atom. The minimum Gasteiger partial charge on any atom is -0.309 e. The molecule has 0 fully saturated rings. The highest BCUT2D eigenvalue weighted by molar-refractivity contribution is 6.32. The van der Waals surface area contributed by atoms with Crippen LogP contribution in [0.25, 0.3) is 98.4 Å². The molecule has 0 amide bonds. The van der Waals surface area contributed by atoms with Gasteiger partial charge in [-0.05, 0) is 129 Å². The summed E-state index contributed by atoms with van der Waals surface area (Å²) < 4.78 is 5.22. The summed E-state index contributed by atoms with van der Waals surface area (Å²) in [5, 5.41) is 10.1. The number of hydrogen-bond donors (Lipinski definition) is 0. The number of nitrogens with zero attached hydrogens (tertiary/aromatic N) is 4. The van der Waals surface area contributed by atoms with E-state index >= 15 is 0 Å². The fourth-order valence-electron chi connectivity index (χ4n) is 14.1. The quantitative estimate of drug-likeness (QED) is 0.136. The van der Waals surface area contributed by atoms with E-state index in [1.165, 1.54) is 143 Å². The minimum atomic E-state index is -0.0649. The molecule has 15 rings (SSSR count). The van der Waals surface area contributed by atoms with E-state index in [2.05, 4.69) is 318 Å². The van der Waals surface area contributed by atoms with Crippen molar-refractivity contribution in [2.45, 2.75) is 91.9 Å². The Morgan fingerprint density at radius 1 is 0.298 bits per heavy atom. The molecular weight excluding hydrogens is 1020 g/mol. The molecule has 0 bridgehead atoms. The van der Waals surface area contributed by atoms with Gasteiger partial charge in [0.05, 0.1) is 55.8 Å². The van der Waals surface area contributed by atoms with Gasteiger partial charge in [-0.15, -0.1) is 0 Å². The van der Waals surface area contributed by atoms with Crippen molar-refractivity contribution in [3.8, 4) is 22.3 Å². The van der Waals surface area contributed by atoms with Gasteiger partial charge in [0, 0.05) is 65.6 Å². The maximum absolute atomic E-state index is 2.61. The van der Waals surface area contributed by atoms with E-state index < -0.39 is 0 Å². The van der Waals surface area contributed by atoms with Crippen molar-refractivity contribution in [2.24, 2.45) is 0 Å². The lowest BCUT2D eigenvalue weighted by atomic mass is 9.86. The monoisotopic (exact) mass is 1090 g/mol. The summed E-state index contributed by atoms with van der Waals surface area (Å²) in [6, 6.07) is 87.2. The van der Waals surface area contributed by atoms with Crippen molar-refractivity contribution in [3.63, 3.8) is 0 Å². The highest BCUT2D eigenvalue weighted by Crippen LogP contribution is 2.54. The number of benzene rings is 11. The van der Waals surface area contributed by atoms with E-state index in [4.69, 9.17) is 0 Å². The Hall–Kier alpha value is -9.38. The van der Waals surface area contributed by atoms with Crippen molar-refractivity contribution in [1.82, 2.24) is 8.80 Å². The Bertz CT molecular complexity index is 4720. The molecule has 0 unspecified atom stereocenters. The molecule has 0 atom stereocenters. The standard InChI is InChI=1S/C80H70N4/c1-49(2)55-29-17-21-33-65(55)81(67-35-23-19-31-57(67)51-25-13-11-14-26-51)71-43-39-59-61-47-74-62(48-73(61)83-69-41-37-53(79(5,6)7)45-63(69)75(71)77(59)83)60-40-44-72(76-64-46-54(80(8,9)10)38-42-70(64)84(74)78(60)76)82(66-34-22-18-30-56(66)50(3)4)68-36-24-20-32-58(68)52-27-15-12-16-28-52/h11-50H,1-10H3. The molecule has 84 heavy (non-hydrogen) atoms. The fourth-order valence-corrected chi connectivity index (χ4v) is 14.1. The molecule has 410 valence electrons. The van der Waals surface area contributed by atoms with Gasteiger partial charge in [-0.1, -0.05) is 227 Å². The van der Waals surface area contributed by atoms with E-state index in [-0.39, 0.29) is 22.7 Å². The van der Waals surface area contributed by atoms with Crippen LogP contribution in [0.3, 0.4) is 0 Å². The van der Waals surface area contributed by atoms with Gasteiger partial charge in [0.15, 0.2) is 0 Å². The summed E-state index contributed by atoms with van der Waals surface area (Å²) in [5.41, 5.74) is 24.3. The summed E-state index contributed by atoms with van der Waals surface area (Å²) in [6.45, 7) is 23.3. The van der Waals surface area contributed by atoms with Crippen LogP contribution in [0.4, 0.5) is 34.1 Å². The number of hydrogen-bond acceptors (Lipinski definition) is 2. The Balaban J connectivity index is 1.06. The first-order chi connectivity index (χ1) is 40.7. The summed E-state index contributed by atoms with van der Waals surface area (Å²) in [6.07, 6.45) is 0. The Morgan fingerprint density at radius 2 is 0.655 bits per heavy atom. The van der Waals surface area contributed by atoms with Crippen LogP contribution in [-0.2, 0) is 10.8 Å². The fraction of sp³-hybridized carbons (Fsp3) is 0.175. The zero-order valence-electron chi connectivity index (χ0n) is 49.9. The number of anilines is 6. The van der Waals surface area contributed by atoms with Crippen LogP contribution in [0.5, 0.6) is 0 Å². The molecule has 11 aromatic carbocycles. The van der Waals surface area contributed by atoms with Gasteiger partial charge < -0.3 is 18.6 Å². The summed E-state index contributed by atoms with van der Waals surface area (Å²) in [7, 11) is 0. The second-order valence-electron chi connectivity index (χ2n) is 26.1. The van der Waals surface area contributed by atoms with E-state index in [9.17, 15) is 0 Å². The SMILES string of the molecule is CC(C)c1ccccc1N(c1ccccc1-c1ccccc1)c1ccc2c3cc4c(cc3n3c5ccc(C(C)(C)C)cc5c1c23)c1ccc(N(c2ccccc2-c2ccccc2)c2ccccc2C(C)C)c2c3cc(C(C)(C)C)ccc3n4c12. The van der Waals surface area contributed by atoms with Crippen LogP contribution in [0.2, 0.25) is 0 Å². The first-order valence-electron chi connectivity index (χ1n) is 30.2. The number of fused-ring (bicyclic) bond motifs is 12. The molecule has 15 aromatic rings. The minimum absolute atomic E-state index is 0.0649. The Kier molecular flexibility index (Phi) is 11.7. The third-order valence-corrected chi connectivity index (χ3v) is 18.2. The molecule has 0 saturated heterocycles. The predicted octanol–water partition coefficient (Wildman–Crippen LogP) is 23.1. The van der Waals surface area contributed by atoms with Crippen LogP contribution in [0.15, 0.2) is 231 Å². The van der Waals surface area contributed by atoms with E-state index in [1.54, 1.807) is 0 Å². The van der Waals surface area contributed by atoms with Crippen LogP contribution in [-0.4, -0.2) is 8.80 Å². The molecule has 4 nitrogen and oxygen atoms in total. The maximum Gasteiger partial charge on any atom is 0.0641 e. The lowest BCUT2D eigenvalue weighted by Crippen LogP contribution is -2.14. The molecule has 4 heteroatoms. The van der Waals surface area contributed by atoms with Gasteiger partial charge in [-0.3, -0.25) is 0 Å². The highest BCUT2D eigenvalue weighted by atomic mass is 15.2. The topological polar surface area (TPSA) is 15.3 Å². The summed E-state index contributed by atoms with van der Waals surface area (Å²) in [4.78, 5) is 5.16. The van der Waals surface area contributed by atoms with Gasteiger partial charge in [0.1, 0.15) is 0 Å². The summed E-state index contributed by atoms with van der Waals surface area (Å²) in [5.74, 6) is 0.579. The second kappa shape index (κ2) is 19.1. The van der Waals surface area contributed by atoms with Crippen LogP contribution < -0.4 is 9.80 Å². The van der Waals surface area contributed by atoms with Gasteiger partial charge in [0.25, 0.3) is 0 Å². The predicted molar refractivity (Wildman–Crippen MR) is 362 cm³/mol. The molecule has 0 aliphatic heterocycles. The maximum atomic E-state index is 2.61. The first kappa shape index (κ1) is 51.5. The van der Waals surface area contributed by atoms with Crippen LogP contribution in [0.1, 0.15) is 103 Å². The van der Waals surface area contributed by atoms with E-state index in [1.807, 2.05) is 0 Å². The average molecular weight is 1090 g/mol. The van der Waals surface area contributed by atoms with Crippen molar-refractivity contribution in [3.05, 3.63) is 253 Å². The summed E-state index contributed by atoms with van der Waals surface area (Å²) >= 11 is 0. The largest absolute Gasteiger partial charge is 0.309 e.